The maximum absolute atomic E-state index is 7.49. The van der Waals surface area contributed by atoms with Crippen molar-refractivity contribution in [1.29, 1.82) is 5.41 Å². The van der Waals surface area contributed by atoms with Crippen LogP contribution in [0.5, 0.6) is 0 Å². The summed E-state index contributed by atoms with van der Waals surface area (Å²) in [6.07, 6.45) is 5.75. The van der Waals surface area contributed by atoms with E-state index in [1.165, 1.54) is 32.4 Å². The van der Waals surface area contributed by atoms with E-state index in [1.54, 1.807) is 0 Å². The Kier molecular flexibility index (Phi) is 5.64. The van der Waals surface area contributed by atoms with Crippen LogP contribution in [0.2, 0.25) is 0 Å². The molecular weight excluding hydrogens is 222 g/mol. The predicted molar refractivity (Wildman–Crippen MR) is 79.0 cm³/mol. The van der Waals surface area contributed by atoms with Crippen LogP contribution in [-0.4, -0.2) is 29.9 Å². The molecule has 0 aromatic carbocycles. The lowest BCUT2D eigenvalue weighted by molar-refractivity contribution is 0.181. The number of nitrogens with zero attached hydrogens (tertiary/aromatic N) is 1. The highest BCUT2D eigenvalue weighted by Crippen LogP contribution is 2.34. The van der Waals surface area contributed by atoms with Gasteiger partial charge in [-0.25, -0.2) is 0 Å². The molecule has 0 saturated carbocycles. The topological polar surface area (TPSA) is 53.1 Å². The number of rotatable bonds is 4. The third-order valence-corrected chi connectivity index (χ3v) is 4.43. The summed E-state index contributed by atoms with van der Waals surface area (Å²) in [5.74, 6) is 1.16. The first-order valence-corrected chi connectivity index (χ1v) is 7.41. The summed E-state index contributed by atoms with van der Waals surface area (Å²) in [5.41, 5.74) is 6.00. The van der Waals surface area contributed by atoms with Gasteiger partial charge in [-0.3, -0.25) is 10.3 Å². The average molecular weight is 253 g/mol. The minimum atomic E-state index is 0.332. The van der Waals surface area contributed by atoms with E-state index in [9.17, 15) is 0 Å². The molecule has 0 spiro atoms. The second-order valence-corrected chi connectivity index (χ2v) is 6.82. The normalized spacial score (nSPS) is 24.6. The van der Waals surface area contributed by atoms with Crippen molar-refractivity contribution in [1.82, 2.24) is 4.90 Å². The van der Waals surface area contributed by atoms with Crippen LogP contribution in [0.4, 0.5) is 0 Å². The van der Waals surface area contributed by atoms with Gasteiger partial charge in [-0.2, -0.15) is 0 Å². The molecule has 3 nitrogen and oxygen atoms in total. The fourth-order valence-corrected chi connectivity index (χ4v) is 3.14. The van der Waals surface area contributed by atoms with Gasteiger partial charge < -0.3 is 5.73 Å². The Hall–Kier alpha value is -0.570. The Balaban J connectivity index is 2.57. The molecule has 3 N–H and O–H groups in total. The molecule has 1 aliphatic heterocycles. The molecule has 18 heavy (non-hydrogen) atoms. The van der Waals surface area contributed by atoms with Crippen LogP contribution in [0.15, 0.2) is 0 Å². The Morgan fingerprint density at radius 2 is 2.00 bits per heavy atom. The first kappa shape index (κ1) is 15.5. The van der Waals surface area contributed by atoms with Gasteiger partial charge in [0.2, 0.25) is 0 Å². The standard InChI is InChI=1S/C15H31N3/c1-5-13(11-14(16)17)18-9-6-7-12(8-10-18)15(2,3)4/h12-13H,5-11H2,1-4H3,(H3,16,17). The summed E-state index contributed by atoms with van der Waals surface area (Å²) in [4.78, 5) is 2.56. The molecular formula is C15H31N3. The summed E-state index contributed by atoms with van der Waals surface area (Å²) < 4.78 is 0. The van der Waals surface area contributed by atoms with E-state index in [1.807, 2.05) is 0 Å². The molecule has 106 valence electrons. The van der Waals surface area contributed by atoms with E-state index in [-0.39, 0.29) is 0 Å². The molecule has 2 unspecified atom stereocenters. The zero-order valence-corrected chi connectivity index (χ0v) is 12.6. The van der Waals surface area contributed by atoms with Crippen LogP contribution in [0.3, 0.4) is 0 Å². The maximum atomic E-state index is 7.49. The molecule has 0 aliphatic carbocycles. The van der Waals surface area contributed by atoms with Gasteiger partial charge in [0.15, 0.2) is 0 Å². The van der Waals surface area contributed by atoms with Crippen molar-refractivity contribution in [2.75, 3.05) is 13.1 Å². The summed E-state index contributed by atoms with van der Waals surface area (Å²) >= 11 is 0. The number of nitrogens with two attached hydrogens (primary N) is 1. The summed E-state index contributed by atoms with van der Waals surface area (Å²) in [6, 6.07) is 0.473. The Bertz CT molecular complexity index is 267. The van der Waals surface area contributed by atoms with Crippen molar-refractivity contribution in [3.8, 4) is 0 Å². The minimum absolute atomic E-state index is 0.332. The average Bonchev–Trinajstić information content (AvgIpc) is 2.50. The lowest BCUT2D eigenvalue weighted by atomic mass is 9.77. The molecule has 1 fully saturated rings. The fourth-order valence-electron chi connectivity index (χ4n) is 3.14. The quantitative estimate of drug-likeness (QED) is 0.597. The number of amidine groups is 1. The first-order chi connectivity index (χ1) is 8.34. The monoisotopic (exact) mass is 253 g/mol. The highest BCUT2D eigenvalue weighted by atomic mass is 15.2. The first-order valence-electron chi connectivity index (χ1n) is 7.41. The Labute approximate surface area is 113 Å². The second kappa shape index (κ2) is 6.55. The summed E-state index contributed by atoms with van der Waals surface area (Å²) in [6.45, 7) is 11.6. The Morgan fingerprint density at radius 3 is 2.50 bits per heavy atom. The van der Waals surface area contributed by atoms with Crippen LogP contribution >= 0.6 is 0 Å². The van der Waals surface area contributed by atoms with Gasteiger partial charge in [0.05, 0.1) is 5.84 Å². The van der Waals surface area contributed by atoms with Crippen molar-refractivity contribution in [3.63, 3.8) is 0 Å². The number of hydrogen-bond donors (Lipinski definition) is 2. The molecule has 1 rings (SSSR count). The van der Waals surface area contributed by atoms with Crippen molar-refractivity contribution < 1.29 is 0 Å². The van der Waals surface area contributed by atoms with Crippen LogP contribution < -0.4 is 5.73 Å². The number of likely N-dealkylation sites (tertiary alicyclic amines) is 1. The number of nitrogens with one attached hydrogen (secondary N) is 1. The van der Waals surface area contributed by atoms with Crippen LogP contribution in [-0.2, 0) is 0 Å². The van der Waals surface area contributed by atoms with E-state index in [4.69, 9.17) is 11.1 Å². The fraction of sp³-hybridized carbons (Fsp3) is 0.933. The van der Waals surface area contributed by atoms with Crippen LogP contribution in [0.25, 0.3) is 0 Å². The van der Waals surface area contributed by atoms with Gasteiger partial charge in [0.25, 0.3) is 0 Å². The molecule has 2 atom stereocenters. The maximum Gasteiger partial charge on any atom is 0.0921 e. The minimum Gasteiger partial charge on any atom is -0.388 e. The Morgan fingerprint density at radius 1 is 1.33 bits per heavy atom. The third kappa shape index (κ3) is 4.60. The molecule has 1 aliphatic rings. The molecule has 0 bridgehead atoms. The van der Waals surface area contributed by atoms with Crippen molar-refractivity contribution >= 4 is 5.84 Å². The van der Waals surface area contributed by atoms with E-state index >= 15 is 0 Å². The van der Waals surface area contributed by atoms with Crippen molar-refractivity contribution in [2.24, 2.45) is 17.1 Å². The van der Waals surface area contributed by atoms with Gasteiger partial charge in [-0.15, -0.1) is 0 Å². The van der Waals surface area contributed by atoms with Gasteiger partial charge in [-0.1, -0.05) is 27.7 Å². The zero-order chi connectivity index (χ0) is 13.8. The highest BCUT2D eigenvalue weighted by Gasteiger charge is 2.28. The van der Waals surface area contributed by atoms with E-state index in [0.29, 0.717) is 17.3 Å². The highest BCUT2D eigenvalue weighted by molar-refractivity contribution is 5.77. The molecule has 1 saturated heterocycles. The van der Waals surface area contributed by atoms with Crippen LogP contribution in [0.1, 0.15) is 59.8 Å². The number of hydrogen-bond acceptors (Lipinski definition) is 2. The van der Waals surface area contributed by atoms with Gasteiger partial charge >= 0.3 is 0 Å². The van der Waals surface area contributed by atoms with Gasteiger partial charge in [-0.05, 0) is 50.1 Å². The smallest absolute Gasteiger partial charge is 0.0921 e. The van der Waals surface area contributed by atoms with Crippen molar-refractivity contribution in [2.45, 2.75) is 65.8 Å². The SMILES string of the molecule is CCC(CC(=N)N)N1CCCC(C(C)(C)C)CC1. The molecule has 0 aromatic heterocycles. The second-order valence-electron chi connectivity index (χ2n) is 6.82. The van der Waals surface area contributed by atoms with Gasteiger partial charge in [0.1, 0.15) is 0 Å². The van der Waals surface area contributed by atoms with E-state index in [2.05, 4.69) is 32.6 Å². The largest absolute Gasteiger partial charge is 0.388 e. The van der Waals surface area contributed by atoms with Crippen LogP contribution in [0, 0.1) is 16.7 Å². The molecule has 0 amide bonds. The third-order valence-electron chi connectivity index (χ3n) is 4.43. The molecule has 3 heteroatoms. The van der Waals surface area contributed by atoms with E-state index in [0.717, 1.165) is 18.8 Å². The lowest BCUT2D eigenvalue weighted by Crippen LogP contribution is -2.38. The zero-order valence-electron chi connectivity index (χ0n) is 12.6. The van der Waals surface area contributed by atoms with E-state index < -0.39 is 0 Å². The van der Waals surface area contributed by atoms with Crippen molar-refractivity contribution in [3.05, 3.63) is 0 Å². The molecule has 0 aromatic rings. The molecule has 0 radical (unpaired) electrons. The van der Waals surface area contributed by atoms with Gasteiger partial charge in [0, 0.05) is 12.5 Å². The lowest BCUT2D eigenvalue weighted by Gasteiger charge is -2.31. The summed E-state index contributed by atoms with van der Waals surface area (Å²) in [5, 5.41) is 7.49. The molecule has 1 heterocycles. The summed E-state index contributed by atoms with van der Waals surface area (Å²) in [7, 11) is 0. The predicted octanol–water partition coefficient (Wildman–Crippen LogP) is 3.24.